The monoisotopic (exact) mass is 354 g/mol. The second-order valence-electron chi connectivity index (χ2n) is 8.19. The van der Waals surface area contributed by atoms with E-state index in [1.54, 1.807) is 0 Å². The number of rotatable bonds is 3. The van der Waals surface area contributed by atoms with Crippen LogP contribution in [0.5, 0.6) is 0 Å². The molecule has 4 atom stereocenters. The summed E-state index contributed by atoms with van der Waals surface area (Å²) in [6, 6.07) is 0. The lowest BCUT2D eigenvalue weighted by atomic mass is 9.72. The van der Waals surface area contributed by atoms with Crippen molar-refractivity contribution in [3.8, 4) is 0 Å². The Morgan fingerprint density at radius 2 is 1.91 bits per heavy atom. The summed E-state index contributed by atoms with van der Waals surface area (Å²) in [4.78, 5) is 0. The van der Waals surface area contributed by atoms with Crippen LogP contribution in [0.15, 0.2) is 11.8 Å². The van der Waals surface area contributed by atoms with Crippen LogP contribution in [0.1, 0.15) is 40.0 Å². The van der Waals surface area contributed by atoms with Gasteiger partial charge in [0, 0.05) is 0 Å². The lowest BCUT2D eigenvalue weighted by molar-refractivity contribution is -0.0538. The van der Waals surface area contributed by atoms with Gasteiger partial charge in [0.05, 0.1) is 12.0 Å². The average Bonchev–Trinajstić information content (AvgIpc) is 2.89. The summed E-state index contributed by atoms with van der Waals surface area (Å²) in [5.74, 6) is -0.0139. The van der Waals surface area contributed by atoms with E-state index >= 15 is 0 Å². The van der Waals surface area contributed by atoms with Gasteiger partial charge in [0.25, 0.3) is 0 Å². The molecule has 0 aromatic rings. The minimum Gasteiger partial charge on any atom is -0.395 e. The van der Waals surface area contributed by atoms with Crippen molar-refractivity contribution in [2.24, 2.45) is 28.1 Å². The van der Waals surface area contributed by atoms with Gasteiger partial charge in [-0.15, -0.1) is 0 Å². The number of halogens is 3. The Morgan fingerprint density at radius 3 is 2.43 bits per heavy atom. The summed E-state index contributed by atoms with van der Waals surface area (Å²) in [7, 11) is -5.72. The van der Waals surface area contributed by atoms with Crippen LogP contribution in [-0.4, -0.2) is 25.6 Å². The number of aliphatic hydroxyl groups excluding tert-OH is 1. The Hall–Kier alpha value is -0.760. The zero-order chi connectivity index (χ0) is 17.5. The molecule has 2 saturated carbocycles. The van der Waals surface area contributed by atoms with Crippen molar-refractivity contribution >= 4 is 10.1 Å². The van der Waals surface area contributed by atoms with Gasteiger partial charge in [-0.25, -0.2) is 0 Å². The summed E-state index contributed by atoms with van der Waals surface area (Å²) in [6.45, 7) is 5.70. The molecule has 132 valence electrons. The molecule has 0 saturated heterocycles. The largest absolute Gasteiger partial charge is 0.534 e. The number of fused-ring (bicyclic) bond motifs is 3. The van der Waals surface area contributed by atoms with E-state index in [0.717, 1.165) is 12.8 Å². The maximum absolute atomic E-state index is 12.6. The summed E-state index contributed by atoms with van der Waals surface area (Å²) in [6.07, 6.45) is 3.65. The quantitative estimate of drug-likeness (QED) is 0.624. The Labute approximate surface area is 133 Å². The molecule has 2 fully saturated rings. The summed E-state index contributed by atoms with van der Waals surface area (Å²) >= 11 is 0. The van der Waals surface area contributed by atoms with Gasteiger partial charge in [-0.2, -0.15) is 21.6 Å². The molecule has 3 aliphatic carbocycles. The molecular weight excluding hydrogens is 333 g/mol. The number of allylic oxidation sites excluding steroid dienone is 1. The molecule has 0 unspecified atom stereocenters. The van der Waals surface area contributed by atoms with Gasteiger partial charge in [-0.3, -0.25) is 0 Å². The molecule has 23 heavy (non-hydrogen) atoms. The van der Waals surface area contributed by atoms with Gasteiger partial charge in [0.2, 0.25) is 0 Å². The zero-order valence-electron chi connectivity index (χ0n) is 13.3. The van der Waals surface area contributed by atoms with Crippen LogP contribution in [0.2, 0.25) is 0 Å². The van der Waals surface area contributed by atoms with Crippen LogP contribution in [0, 0.1) is 28.1 Å². The highest BCUT2D eigenvalue weighted by molar-refractivity contribution is 7.87. The molecule has 0 amide bonds. The average molecular weight is 354 g/mol. The Morgan fingerprint density at radius 1 is 1.30 bits per heavy atom. The van der Waals surface area contributed by atoms with Crippen molar-refractivity contribution in [3.63, 3.8) is 0 Å². The Kier molecular flexibility index (Phi) is 3.30. The fourth-order valence-corrected chi connectivity index (χ4v) is 5.41. The maximum atomic E-state index is 12.6. The van der Waals surface area contributed by atoms with Crippen LogP contribution in [0.25, 0.3) is 0 Å². The van der Waals surface area contributed by atoms with Gasteiger partial charge >= 0.3 is 15.6 Å². The molecule has 1 N–H and O–H groups in total. The molecule has 4 nitrogen and oxygen atoms in total. The predicted molar refractivity (Wildman–Crippen MR) is 76.4 cm³/mol. The van der Waals surface area contributed by atoms with Gasteiger partial charge in [0.1, 0.15) is 5.76 Å². The minimum atomic E-state index is -5.72. The molecule has 8 heteroatoms. The van der Waals surface area contributed by atoms with Crippen molar-refractivity contribution in [2.45, 2.75) is 45.5 Å². The first-order valence-corrected chi connectivity index (χ1v) is 9.03. The number of hydrogen-bond acceptors (Lipinski definition) is 4. The van der Waals surface area contributed by atoms with Crippen molar-refractivity contribution in [1.82, 2.24) is 0 Å². The lowest BCUT2D eigenvalue weighted by Gasteiger charge is -2.35. The van der Waals surface area contributed by atoms with E-state index in [1.165, 1.54) is 6.08 Å². The first-order chi connectivity index (χ1) is 10.3. The van der Waals surface area contributed by atoms with E-state index in [2.05, 4.69) is 18.0 Å². The van der Waals surface area contributed by atoms with E-state index in [9.17, 15) is 26.7 Å². The highest BCUT2D eigenvalue weighted by atomic mass is 32.2. The number of hydrogen-bond donors (Lipinski definition) is 1. The second-order valence-corrected chi connectivity index (χ2v) is 9.73. The van der Waals surface area contributed by atoms with Crippen molar-refractivity contribution < 1.29 is 30.9 Å². The smallest absolute Gasteiger partial charge is 0.395 e. The van der Waals surface area contributed by atoms with Gasteiger partial charge in [-0.1, -0.05) is 20.8 Å². The maximum Gasteiger partial charge on any atom is 0.534 e. The summed E-state index contributed by atoms with van der Waals surface area (Å²) in [5, 5.41) is 9.78. The summed E-state index contributed by atoms with van der Waals surface area (Å²) < 4.78 is 65.2. The van der Waals surface area contributed by atoms with Gasteiger partial charge in [-0.05, 0) is 48.0 Å². The number of alkyl halides is 3. The van der Waals surface area contributed by atoms with Gasteiger partial charge in [0.15, 0.2) is 0 Å². The molecule has 0 bridgehead atoms. The normalized spacial score (nSPS) is 41.8. The zero-order valence-corrected chi connectivity index (χ0v) is 14.1. The van der Waals surface area contributed by atoms with E-state index in [4.69, 9.17) is 0 Å². The van der Waals surface area contributed by atoms with Crippen LogP contribution < -0.4 is 0 Å². The van der Waals surface area contributed by atoms with Gasteiger partial charge < -0.3 is 9.29 Å². The van der Waals surface area contributed by atoms with Crippen molar-refractivity contribution in [3.05, 3.63) is 11.8 Å². The Balaban J connectivity index is 2.00. The SMILES string of the molecule is CC1(C)C[C@H]2C=C(OS(=O)(=O)C(F)(F)F)[C@]3(CO)C[C@]3(C)[C@H]2C1. The Bertz CT molecular complexity index is 667. The van der Waals surface area contributed by atoms with Crippen molar-refractivity contribution in [1.29, 1.82) is 0 Å². The number of aliphatic hydroxyl groups is 1. The fraction of sp³-hybridized carbons (Fsp3) is 0.867. The van der Waals surface area contributed by atoms with Crippen LogP contribution >= 0.6 is 0 Å². The molecular formula is C15H21F3O4S. The summed E-state index contributed by atoms with van der Waals surface area (Å²) in [5.41, 5.74) is -6.85. The second kappa shape index (κ2) is 4.45. The van der Waals surface area contributed by atoms with E-state index in [0.29, 0.717) is 6.42 Å². The lowest BCUT2D eigenvalue weighted by Crippen LogP contribution is -2.35. The predicted octanol–water partition coefficient (Wildman–Crippen LogP) is 3.19. The first-order valence-electron chi connectivity index (χ1n) is 7.62. The highest BCUT2D eigenvalue weighted by Crippen LogP contribution is 2.78. The molecule has 0 aromatic carbocycles. The van der Waals surface area contributed by atoms with E-state index in [-0.39, 0.29) is 23.0 Å². The van der Waals surface area contributed by atoms with Crippen LogP contribution in [0.4, 0.5) is 13.2 Å². The standard InChI is InChI=1S/C15H21F3O4S/c1-12(2)5-9-4-11(22-23(20,21)15(16,17)18)14(8-19)7-13(14,3)10(9)6-12/h4,9-10,19H,5-8H2,1-3H3/t9-,10+,13-,14-/m1/s1. The van der Waals surface area contributed by atoms with E-state index < -0.39 is 33.1 Å². The van der Waals surface area contributed by atoms with Crippen LogP contribution in [0.3, 0.4) is 0 Å². The molecule has 0 radical (unpaired) electrons. The topological polar surface area (TPSA) is 63.6 Å². The fourth-order valence-electron chi connectivity index (χ4n) is 4.86. The van der Waals surface area contributed by atoms with Crippen molar-refractivity contribution in [2.75, 3.05) is 6.61 Å². The van der Waals surface area contributed by atoms with E-state index in [1.807, 2.05) is 6.92 Å². The minimum absolute atomic E-state index is 0.0180. The molecule has 0 heterocycles. The first kappa shape index (κ1) is 17.1. The van der Waals surface area contributed by atoms with Crippen LogP contribution in [-0.2, 0) is 14.3 Å². The molecule has 3 aliphatic rings. The third kappa shape index (κ3) is 2.24. The molecule has 0 aromatic heterocycles. The third-order valence-corrected chi connectivity index (χ3v) is 7.09. The highest BCUT2D eigenvalue weighted by Gasteiger charge is 2.75. The molecule has 0 aliphatic heterocycles. The molecule has 3 rings (SSSR count). The third-order valence-electron chi connectivity index (χ3n) is 6.12. The molecule has 0 spiro atoms.